The number of carbonyl (C=O) groups is 1. The molecule has 0 radical (unpaired) electrons. The fraction of sp³-hybridized carbons (Fsp3) is 0.375. The summed E-state index contributed by atoms with van der Waals surface area (Å²) in [7, 11) is 1.64. The number of hydrogen-bond donors (Lipinski definition) is 2. The summed E-state index contributed by atoms with van der Waals surface area (Å²) in [4.78, 5) is 18.3. The Morgan fingerprint density at radius 2 is 2.21 bits per heavy atom. The van der Waals surface area contributed by atoms with Crippen molar-refractivity contribution in [1.82, 2.24) is 10.3 Å². The van der Waals surface area contributed by atoms with Gasteiger partial charge in [-0.05, 0) is 30.5 Å². The minimum atomic E-state index is -0.00279. The number of carbonyl (C=O) groups excluding carboxylic acids is 1. The Morgan fingerprint density at radius 1 is 1.42 bits per heavy atom. The summed E-state index contributed by atoms with van der Waals surface area (Å²) < 4.78 is 0. The van der Waals surface area contributed by atoms with Crippen molar-refractivity contribution in [3.8, 4) is 0 Å². The van der Waals surface area contributed by atoms with Crippen molar-refractivity contribution in [2.45, 2.75) is 25.8 Å². The summed E-state index contributed by atoms with van der Waals surface area (Å²) in [6, 6.07) is 6.10. The van der Waals surface area contributed by atoms with E-state index in [0.29, 0.717) is 6.42 Å². The lowest BCUT2D eigenvalue weighted by atomic mass is 10.00. The molecule has 2 aromatic rings. The third kappa shape index (κ3) is 4.53. The van der Waals surface area contributed by atoms with Gasteiger partial charge in [0.2, 0.25) is 5.91 Å². The number of rotatable bonds is 4. The molecule has 5 nitrogen and oxygen atoms in total. The van der Waals surface area contributed by atoms with Gasteiger partial charge in [-0.3, -0.25) is 4.79 Å². The average Bonchev–Trinajstić information content (AvgIpc) is 2.95. The number of nitrogens with one attached hydrogen (secondary N) is 1. The van der Waals surface area contributed by atoms with Crippen LogP contribution in [0.2, 0.25) is 0 Å². The third-order valence-corrected chi connectivity index (χ3v) is 4.82. The van der Waals surface area contributed by atoms with Crippen LogP contribution >= 0.6 is 36.2 Å². The Kier molecular flexibility index (Phi) is 7.79. The van der Waals surface area contributed by atoms with Gasteiger partial charge in [-0.15, -0.1) is 36.2 Å². The number of likely N-dealkylation sites (N-methyl/N-ethyl adjacent to an activating group) is 1. The highest BCUT2D eigenvalue weighted by atomic mass is 35.5. The minimum absolute atomic E-state index is 0. The maximum Gasteiger partial charge on any atom is 0.226 e. The predicted molar refractivity (Wildman–Crippen MR) is 105 cm³/mol. The maximum atomic E-state index is 11.4. The molecule has 1 aromatic carbocycles. The van der Waals surface area contributed by atoms with Crippen LogP contribution in [-0.2, 0) is 24.2 Å². The van der Waals surface area contributed by atoms with Crippen LogP contribution in [0.25, 0.3) is 0 Å². The lowest BCUT2D eigenvalue weighted by Crippen LogP contribution is -2.29. The molecule has 0 saturated heterocycles. The van der Waals surface area contributed by atoms with E-state index in [2.05, 4.69) is 21.3 Å². The number of aromatic nitrogens is 1. The standard InChI is InChI=1S/C16H20N4OS.2ClH/c1-18-15(21)8-16-19-11(10-22-16)9-20-7-3-4-12-13(17)5-2-6-14(12)20;;/h2,5-6,10H,3-4,7-9,17H2,1H3,(H,18,21);2*1H. The van der Waals surface area contributed by atoms with Gasteiger partial charge in [-0.1, -0.05) is 6.07 Å². The highest BCUT2D eigenvalue weighted by Crippen LogP contribution is 2.32. The molecule has 0 atom stereocenters. The molecule has 0 spiro atoms. The minimum Gasteiger partial charge on any atom is -0.398 e. The van der Waals surface area contributed by atoms with Crippen molar-refractivity contribution in [1.29, 1.82) is 0 Å². The first kappa shape index (κ1) is 20.5. The van der Waals surface area contributed by atoms with Gasteiger partial charge < -0.3 is 16.0 Å². The third-order valence-electron chi connectivity index (χ3n) is 3.93. The number of nitrogens with two attached hydrogens (primary N) is 1. The molecule has 3 N–H and O–H groups in total. The van der Waals surface area contributed by atoms with Crippen LogP contribution < -0.4 is 16.0 Å². The fourth-order valence-corrected chi connectivity index (χ4v) is 3.60. The zero-order valence-corrected chi connectivity index (χ0v) is 15.9. The Bertz CT molecular complexity index is 692. The van der Waals surface area contributed by atoms with Crippen LogP contribution in [0.4, 0.5) is 11.4 Å². The zero-order valence-electron chi connectivity index (χ0n) is 13.4. The van der Waals surface area contributed by atoms with Crippen LogP contribution in [0.3, 0.4) is 0 Å². The van der Waals surface area contributed by atoms with E-state index in [1.165, 1.54) is 11.3 Å². The highest BCUT2D eigenvalue weighted by molar-refractivity contribution is 7.09. The quantitative estimate of drug-likeness (QED) is 0.789. The second-order valence-electron chi connectivity index (χ2n) is 5.45. The summed E-state index contributed by atoms with van der Waals surface area (Å²) in [5.41, 5.74) is 10.4. The van der Waals surface area contributed by atoms with Crippen LogP contribution in [-0.4, -0.2) is 24.5 Å². The van der Waals surface area contributed by atoms with Crippen molar-refractivity contribution in [3.63, 3.8) is 0 Å². The lowest BCUT2D eigenvalue weighted by molar-refractivity contribution is -0.119. The topological polar surface area (TPSA) is 71.2 Å². The van der Waals surface area contributed by atoms with Crippen molar-refractivity contribution >= 4 is 53.4 Å². The second-order valence-corrected chi connectivity index (χ2v) is 6.40. The van der Waals surface area contributed by atoms with Gasteiger partial charge in [0, 0.05) is 30.3 Å². The molecular formula is C16H22Cl2N4OS. The summed E-state index contributed by atoms with van der Waals surface area (Å²) in [6.07, 6.45) is 2.50. The van der Waals surface area contributed by atoms with Gasteiger partial charge in [-0.2, -0.15) is 0 Å². The van der Waals surface area contributed by atoms with E-state index in [1.807, 2.05) is 17.5 Å². The summed E-state index contributed by atoms with van der Waals surface area (Å²) in [6.45, 7) is 1.78. The predicted octanol–water partition coefficient (Wildman–Crippen LogP) is 2.81. The molecule has 3 rings (SSSR count). The first-order valence-electron chi connectivity index (χ1n) is 7.43. The first-order valence-corrected chi connectivity index (χ1v) is 8.31. The zero-order chi connectivity index (χ0) is 15.5. The van der Waals surface area contributed by atoms with E-state index >= 15 is 0 Å². The molecule has 1 aromatic heterocycles. The lowest BCUT2D eigenvalue weighted by Gasteiger charge is -2.31. The van der Waals surface area contributed by atoms with Crippen molar-refractivity contribution in [2.24, 2.45) is 0 Å². The average molecular weight is 389 g/mol. The fourth-order valence-electron chi connectivity index (χ4n) is 2.82. The van der Waals surface area contributed by atoms with E-state index in [-0.39, 0.29) is 30.7 Å². The van der Waals surface area contributed by atoms with Crippen LogP contribution in [0, 0.1) is 0 Å². The smallest absolute Gasteiger partial charge is 0.226 e. The van der Waals surface area contributed by atoms with Crippen molar-refractivity contribution < 1.29 is 4.79 Å². The summed E-state index contributed by atoms with van der Waals surface area (Å²) in [5, 5.41) is 5.53. The van der Waals surface area contributed by atoms with Gasteiger partial charge in [-0.25, -0.2) is 4.98 Å². The number of nitrogen functional groups attached to an aromatic ring is 1. The molecule has 0 bridgehead atoms. The van der Waals surface area contributed by atoms with E-state index in [9.17, 15) is 4.79 Å². The molecule has 24 heavy (non-hydrogen) atoms. The number of thiazole rings is 1. The Morgan fingerprint density at radius 3 is 2.96 bits per heavy atom. The number of nitrogens with zero attached hydrogens (tertiary/aromatic N) is 2. The summed E-state index contributed by atoms with van der Waals surface area (Å²) >= 11 is 1.54. The molecule has 0 fully saturated rings. The number of halogens is 2. The van der Waals surface area contributed by atoms with Gasteiger partial charge in [0.25, 0.3) is 0 Å². The van der Waals surface area contributed by atoms with E-state index < -0.39 is 0 Å². The molecule has 2 heterocycles. The van der Waals surface area contributed by atoms with E-state index in [4.69, 9.17) is 5.73 Å². The van der Waals surface area contributed by atoms with Crippen LogP contribution in [0.15, 0.2) is 23.6 Å². The van der Waals surface area contributed by atoms with E-state index in [0.717, 1.165) is 42.3 Å². The summed E-state index contributed by atoms with van der Waals surface area (Å²) in [5.74, 6) is -0.00279. The van der Waals surface area contributed by atoms with Gasteiger partial charge in [0.05, 0.1) is 18.7 Å². The highest BCUT2D eigenvalue weighted by Gasteiger charge is 2.19. The molecular weight excluding hydrogens is 367 g/mol. The number of hydrogen-bond acceptors (Lipinski definition) is 5. The molecule has 0 unspecified atom stereocenters. The van der Waals surface area contributed by atoms with E-state index in [1.54, 1.807) is 18.4 Å². The van der Waals surface area contributed by atoms with Crippen molar-refractivity contribution in [2.75, 3.05) is 24.2 Å². The van der Waals surface area contributed by atoms with Gasteiger partial charge >= 0.3 is 0 Å². The van der Waals surface area contributed by atoms with Gasteiger partial charge in [0.1, 0.15) is 5.01 Å². The largest absolute Gasteiger partial charge is 0.398 e. The maximum absolute atomic E-state index is 11.4. The first-order chi connectivity index (χ1) is 10.7. The number of anilines is 2. The molecule has 1 aliphatic rings. The molecule has 0 aliphatic carbocycles. The van der Waals surface area contributed by atoms with Crippen LogP contribution in [0.1, 0.15) is 22.7 Å². The number of benzene rings is 1. The SMILES string of the molecule is CNC(=O)Cc1nc(CN2CCCc3c(N)cccc32)cs1.Cl.Cl. The Balaban J connectivity index is 0.00000144. The molecule has 1 amide bonds. The monoisotopic (exact) mass is 388 g/mol. The van der Waals surface area contributed by atoms with Gasteiger partial charge in [0.15, 0.2) is 0 Å². The van der Waals surface area contributed by atoms with Crippen molar-refractivity contribution in [3.05, 3.63) is 39.8 Å². The molecule has 0 saturated carbocycles. The molecule has 8 heteroatoms. The van der Waals surface area contributed by atoms with Crippen LogP contribution in [0.5, 0.6) is 0 Å². The normalized spacial score (nSPS) is 12.6. The Labute approximate surface area is 158 Å². The second kappa shape index (κ2) is 9.11. The Hall–Kier alpha value is -1.50. The number of amides is 1. The molecule has 132 valence electrons. The molecule has 1 aliphatic heterocycles. The number of fused-ring (bicyclic) bond motifs is 1.